The summed E-state index contributed by atoms with van der Waals surface area (Å²) in [6, 6.07) is 5.74. The summed E-state index contributed by atoms with van der Waals surface area (Å²) in [4.78, 5) is 12.0. The standard InChI is InChI=1S/C11H7Br2N3OS/c1-17-8-3-2-6-11(15-8)16-10(14-6)5-4-7(12)18-9(5)13/h2-4H,1H3,(H,14,15,16). The molecule has 0 aliphatic carbocycles. The van der Waals surface area contributed by atoms with Gasteiger partial charge in [0.15, 0.2) is 5.65 Å². The third-order valence-corrected chi connectivity index (χ3v) is 4.78. The minimum absolute atomic E-state index is 0.561. The first kappa shape index (κ1) is 12.1. The predicted molar refractivity (Wildman–Crippen MR) is 79.2 cm³/mol. The molecule has 0 bridgehead atoms. The number of imidazole rings is 1. The molecular formula is C11H7Br2N3OS. The molecule has 0 amide bonds. The predicted octanol–water partition coefficient (Wildman–Crippen LogP) is 4.22. The maximum atomic E-state index is 5.09. The molecule has 0 spiro atoms. The molecule has 0 unspecified atom stereocenters. The Morgan fingerprint density at radius 2 is 2.11 bits per heavy atom. The van der Waals surface area contributed by atoms with Crippen LogP contribution in [0.3, 0.4) is 0 Å². The molecule has 0 atom stereocenters. The quantitative estimate of drug-likeness (QED) is 0.714. The largest absolute Gasteiger partial charge is 0.481 e. The molecule has 0 saturated heterocycles. The van der Waals surface area contributed by atoms with Gasteiger partial charge in [-0.3, -0.25) is 0 Å². The van der Waals surface area contributed by atoms with Gasteiger partial charge in [-0.1, -0.05) is 0 Å². The smallest absolute Gasteiger partial charge is 0.215 e. The van der Waals surface area contributed by atoms with Crippen LogP contribution in [0.2, 0.25) is 0 Å². The van der Waals surface area contributed by atoms with Crippen LogP contribution in [-0.4, -0.2) is 22.1 Å². The van der Waals surface area contributed by atoms with Crippen molar-refractivity contribution in [2.45, 2.75) is 0 Å². The Bertz CT molecular complexity index is 722. The van der Waals surface area contributed by atoms with Gasteiger partial charge in [0, 0.05) is 11.6 Å². The Kier molecular flexibility index (Phi) is 3.13. The fraction of sp³-hybridized carbons (Fsp3) is 0.0909. The molecule has 0 fully saturated rings. The Morgan fingerprint density at radius 1 is 1.28 bits per heavy atom. The van der Waals surface area contributed by atoms with Crippen molar-refractivity contribution in [3.63, 3.8) is 0 Å². The van der Waals surface area contributed by atoms with Crippen LogP contribution in [0.25, 0.3) is 22.6 Å². The van der Waals surface area contributed by atoms with Gasteiger partial charge in [-0.15, -0.1) is 11.3 Å². The highest BCUT2D eigenvalue weighted by Crippen LogP contribution is 2.37. The van der Waals surface area contributed by atoms with Crippen LogP contribution >= 0.6 is 43.2 Å². The average Bonchev–Trinajstić information content (AvgIpc) is 2.90. The molecule has 3 aromatic rings. The van der Waals surface area contributed by atoms with Gasteiger partial charge >= 0.3 is 0 Å². The minimum Gasteiger partial charge on any atom is -0.481 e. The number of ether oxygens (including phenoxy) is 1. The molecule has 18 heavy (non-hydrogen) atoms. The molecule has 0 saturated carbocycles. The van der Waals surface area contributed by atoms with E-state index in [-0.39, 0.29) is 0 Å². The van der Waals surface area contributed by atoms with E-state index in [4.69, 9.17) is 4.74 Å². The molecule has 3 rings (SSSR count). The normalized spacial score (nSPS) is 11.1. The topological polar surface area (TPSA) is 50.8 Å². The van der Waals surface area contributed by atoms with Crippen LogP contribution < -0.4 is 4.74 Å². The Hall–Kier alpha value is -0.920. The molecule has 0 aliphatic heterocycles. The highest BCUT2D eigenvalue weighted by Gasteiger charge is 2.12. The number of methoxy groups -OCH3 is 1. The van der Waals surface area contributed by atoms with Crippen molar-refractivity contribution in [2.24, 2.45) is 0 Å². The number of pyridine rings is 1. The van der Waals surface area contributed by atoms with Gasteiger partial charge in [-0.2, -0.15) is 4.98 Å². The second-order valence-corrected chi connectivity index (χ2v) is 7.30. The Morgan fingerprint density at radius 3 is 2.78 bits per heavy atom. The van der Waals surface area contributed by atoms with E-state index < -0.39 is 0 Å². The second-order valence-electron chi connectivity index (χ2n) is 3.55. The molecule has 3 heterocycles. The fourth-order valence-electron chi connectivity index (χ4n) is 1.62. The number of aromatic amines is 1. The maximum Gasteiger partial charge on any atom is 0.215 e. The summed E-state index contributed by atoms with van der Waals surface area (Å²) < 4.78 is 7.16. The average molecular weight is 389 g/mol. The summed E-state index contributed by atoms with van der Waals surface area (Å²) in [7, 11) is 1.59. The second kappa shape index (κ2) is 4.64. The first-order valence-corrected chi connectivity index (χ1v) is 7.43. The van der Waals surface area contributed by atoms with Crippen molar-refractivity contribution >= 4 is 54.4 Å². The number of aromatic nitrogens is 3. The summed E-state index contributed by atoms with van der Waals surface area (Å²) in [5, 5.41) is 0. The molecular weight excluding hydrogens is 382 g/mol. The lowest BCUT2D eigenvalue weighted by Gasteiger charge is -1.95. The number of thiophene rings is 1. The summed E-state index contributed by atoms with van der Waals surface area (Å²) >= 11 is 8.59. The van der Waals surface area contributed by atoms with Crippen LogP contribution in [0.4, 0.5) is 0 Å². The molecule has 3 aromatic heterocycles. The van der Waals surface area contributed by atoms with E-state index in [0.717, 1.165) is 24.5 Å². The highest BCUT2D eigenvalue weighted by molar-refractivity contribution is 9.12. The lowest BCUT2D eigenvalue weighted by atomic mass is 10.3. The number of nitrogens with zero attached hydrogens (tertiary/aromatic N) is 2. The molecule has 0 radical (unpaired) electrons. The summed E-state index contributed by atoms with van der Waals surface area (Å²) in [6.07, 6.45) is 0. The van der Waals surface area contributed by atoms with Crippen molar-refractivity contribution in [3.8, 4) is 17.3 Å². The van der Waals surface area contributed by atoms with E-state index in [2.05, 4.69) is 46.8 Å². The van der Waals surface area contributed by atoms with Crippen molar-refractivity contribution in [3.05, 3.63) is 25.8 Å². The maximum absolute atomic E-state index is 5.09. The van der Waals surface area contributed by atoms with Crippen molar-refractivity contribution in [1.29, 1.82) is 0 Å². The lowest BCUT2D eigenvalue weighted by Crippen LogP contribution is -1.86. The number of halogens is 2. The van der Waals surface area contributed by atoms with E-state index in [9.17, 15) is 0 Å². The third kappa shape index (κ3) is 2.06. The number of nitrogens with one attached hydrogen (secondary N) is 1. The van der Waals surface area contributed by atoms with Crippen LogP contribution in [0, 0.1) is 0 Å². The fourth-order valence-corrected chi connectivity index (χ4v) is 4.42. The number of hydrogen-bond donors (Lipinski definition) is 1. The Labute approximate surface area is 124 Å². The zero-order chi connectivity index (χ0) is 12.7. The lowest BCUT2D eigenvalue weighted by molar-refractivity contribution is 0.399. The van der Waals surface area contributed by atoms with Crippen LogP contribution in [0.5, 0.6) is 5.88 Å². The van der Waals surface area contributed by atoms with Gasteiger partial charge in [-0.25, -0.2) is 4.98 Å². The number of rotatable bonds is 2. The SMILES string of the molecule is COc1ccc2[nH]c(-c3cc(Br)sc3Br)nc2n1. The summed E-state index contributed by atoms with van der Waals surface area (Å²) in [5.41, 5.74) is 2.56. The van der Waals surface area contributed by atoms with Crippen molar-refractivity contribution in [2.75, 3.05) is 7.11 Å². The van der Waals surface area contributed by atoms with E-state index in [0.29, 0.717) is 11.5 Å². The minimum atomic E-state index is 0.561. The Balaban J connectivity index is 2.16. The molecule has 92 valence electrons. The van der Waals surface area contributed by atoms with Gasteiger partial charge in [0.2, 0.25) is 5.88 Å². The zero-order valence-electron chi connectivity index (χ0n) is 9.20. The van der Waals surface area contributed by atoms with E-state index >= 15 is 0 Å². The van der Waals surface area contributed by atoms with Crippen LogP contribution in [-0.2, 0) is 0 Å². The van der Waals surface area contributed by atoms with Gasteiger partial charge in [0.25, 0.3) is 0 Å². The number of hydrogen-bond acceptors (Lipinski definition) is 4. The van der Waals surface area contributed by atoms with Gasteiger partial charge < -0.3 is 9.72 Å². The van der Waals surface area contributed by atoms with E-state index in [1.165, 1.54) is 0 Å². The first-order valence-electron chi connectivity index (χ1n) is 5.03. The first-order chi connectivity index (χ1) is 8.67. The number of fused-ring (bicyclic) bond motifs is 1. The number of H-pyrrole nitrogens is 1. The molecule has 0 aromatic carbocycles. The monoisotopic (exact) mass is 387 g/mol. The van der Waals surface area contributed by atoms with Gasteiger partial charge in [0.05, 0.1) is 20.2 Å². The molecule has 0 aliphatic rings. The van der Waals surface area contributed by atoms with Crippen LogP contribution in [0.1, 0.15) is 0 Å². The van der Waals surface area contributed by atoms with E-state index in [1.807, 2.05) is 18.2 Å². The molecule has 1 N–H and O–H groups in total. The van der Waals surface area contributed by atoms with E-state index in [1.54, 1.807) is 18.4 Å². The molecule has 7 heteroatoms. The zero-order valence-corrected chi connectivity index (χ0v) is 13.2. The highest BCUT2D eigenvalue weighted by atomic mass is 79.9. The van der Waals surface area contributed by atoms with Gasteiger partial charge in [0.1, 0.15) is 5.82 Å². The van der Waals surface area contributed by atoms with Crippen molar-refractivity contribution < 1.29 is 4.74 Å². The summed E-state index contributed by atoms with van der Waals surface area (Å²) in [6.45, 7) is 0. The summed E-state index contributed by atoms with van der Waals surface area (Å²) in [5.74, 6) is 1.35. The van der Waals surface area contributed by atoms with Gasteiger partial charge in [-0.05, 0) is 44.0 Å². The third-order valence-electron chi connectivity index (χ3n) is 2.44. The molecule has 4 nitrogen and oxygen atoms in total. The van der Waals surface area contributed by atoms with Crippen LogP contribution in [0.15, 0.2) is 25.8 Å². The van der Waals surface area contributed by atoms with Crippen molar-refractivity contribution in [1.82, 2.24) is 15.0 Å².